The van der Waals surface area contributed by atoms with Crippen molar-refractivity contribution in [3.05, 3.63) is 52.8 Å². The van der Waals surface area contributed by atoms with Gasteiger partial charge in [-0.1, -0.05) is 39.8 Å². The van der Waals surface area contributed by atoms with Crippen LogP contribution in [0.15, 0.2) is 35.2 Å². The second-order valence-electron chi connectivity index (χ2n) is 8.91. The van der Waals surface area contributed by atoms with E-state index in [1.807, 2.05) is 12.1 Å². The molecule has 1 aliphatic heterocycles. The molecule has 1 amide bonds. The highest BCUT2D eigenvalue weighted by molar-refractivity contribution is 7.99. The van der Waals surface area contributed by atoms with E-state index in [0.29, 0.717) is 6.42 Å². The first-order chi connectivity index (χ1) is 13.7. The summed E-state index contributed by atoms with van der Waals surface area (Å²) in [6.07, 6.45) is 1.46. The molecule has 1 aliphatic rings. The second-order valence-corrected chi connectivity index (χ2v) is 10.2. The van der Waals surface area contributed by atoms with E-state index in [1.165, 1.54) is 28.3 Å². The molecule has 0 spiro atoms. The summed E-state index contributed by atoms with van der Waals surface area (Å²) in [7, 11) is 0. The maximum atomic E-state index is 13.2. The lowest BCUT2D eigenvalue weighted by atomic mass is 9.92. The smallest absolute Gasteiger partial charge is 0.224 e. The summed E-state index contributed by atoms with van der Waals surface area (Å²) in [4.78, 5) is 16.2. The monoisotopic (exact) mass is 414 g/mol. The number of anilines is 2. The summed E-state index contributed by atoms with van der Waals surface area (Å²) in [5, 5.41) is 3.20. The number of aryl methyl sites for hydroxylation is 1. The minimum atomic E-state index is -0.205. The van der Waals surface area contributed by atoms with Gasteiger partial charge in [0, 0.05) is 30.1 Å². The molecule has 0 atom stereocenters. The van der Waals surface area contributed by atoms with Crippen molar-refractivity contribution in [2.45, 2.75) is 58.9 Å². The van der Waals surface area contributed by atoms with Crippen LogP contribution in [-0.4, -0.2) is 18.2 Å². The van der Waals surface area contributed by atoms with Crippen molar-refractivity contribution >= 4 is 29.0 Å². The van der Waals surface area contributed by atoms with E-state index in [9.17, 15) is 9.18 Å². The van der Waals surface area contributed by atoms with Gasteiger partial charge in [-0.3, -0.25) is 4.79 Å². The Kier molecular flexibility index (Phi) is 6.57. The summed E-state index contributed by atoms with van der Waals surface area (Å²) < 4.78 is 13.2. The van der Waals surface area contributed by atoms with Gasteiger partial charge in [0.1, 0.15) is 5.82 Å². The summed E-state index contributed by atoms with van der Waals surface area (Å²) in [6.45, 7) is 12.2. The standard InChI is InChI=1S/C24H31FN2OS/c1-6-29-23-19-11-12-27(15-17-7-9-18(25)10-8-17)20(19)13-16(2)22(23)26-21(28)14-24(3,4)5/h7-10,13H,6,11-12,14-15H2,1-5H3,(H,26,28). The quantitative estimate of drug-likeness (QED) is 0.573. The van der Waals surface area contributed by atoms with Gasteiger partial charge in [-0.15, -0.1) is 11.8 Å². The molecule has 0 bridgehead atoms. The fraction of sp³-hybridized carbons (Fsp3) is 0.458. The third kappa shape index (κ3) is 5.33. The number of amides is 1. The van der Waals surface area contributed by atoms with Crippen molar-refractivity contribution in [1.29, 1.82) is 0 Å². The normalized spacial score (nSPS) is 13.5. The zero-order valence-corrected chi connectivity index (χ0v) is 18.9. The maximum Gasteiger partial charge on any atom is 0.224 e. The number of rotatable bonds is 6. The van der Waals surface area contributed by atoms with Crippen LogP contribution in [0, 0.1) is 18.2 Å². The molecule has 5 heteroatoms. The molecule has 0 saturated carbocycles. The molecular formula is C24H31FN2OS. The lowest BCUT2D eigenvalue weighted by Gasteiger charge is -2.23. The van der Waals surface area contributed by atoms with Crippen LogP contribution in [0.3, 0.4) is 0 Å². The highest BCUT2D eigenvalue weighted by Crippen LogP contribution is 2.43. The summed E-state index contributed by atoms with van der Waals surface area (Å²) >= 11 is 1.80. The molecule has 0 saturated heterocycles. The largest absolute Gasteiger partial charge is 0.367 e. The second kappa shape index (κ2) is 8.78. The van der Waals surface area contributed by atoms with Crippen molar-refractivity contribution in [2.24, 2.45) is 5.41 Å². The van der Waals surface area contributed by atoms with Gasteiger partial charge < -0.3 is 10.2 Å². The van der Waals surface area contributed by atoms with Crippen LogP contribution in [0.4, 0.5) is 15.8 Å². The first kappa shape index (κ1) is 21.7. The van der Waals surface area contributed by atoms with Gasteiger partial charge in [0.25, 0.3) is 0 Å². The van der Waals surface area contributed by atoms with Gasteiger partial charge in [0.15, 0.2) is 0 Å². The van der Waals surface area contributed by atoms with E-state index < -0.39 is 0 Å². The van der Waals surface area contributed by atoms with Gasteiger partial charge in [0.05, 0.1) is 5.69 Å². The van der Waals surface area contributed by atoms with Gasteiger partial charge in [-0.2, -0.15) is 0 Å². The molecular weight excluding hydrogens is 383 g/mol. The molecule has 0 unspecified atom stereocenters. The number of hydrogen-bond acceptors (Lipinski definition) is 3. The third-order valence-corrected chi connectivity index (χ3v) is 6.09. The lowest BCUT2D eigenvalue weighted by molar-refractivity contribution is -0.117. The fourth-order valence-electron chi connectivity index (χ4n) is 3.80. The zero-order valence-electron chi connectivity index (χ0n) is 18.1. The van der Waals surface area contributed by atoms with Crippen molar-refractivity contribution in [2.75, 3.05) is 22.5 Å². The molecule has 0 radical (unpaired) electrons. The van der Waals surface area contributed by atoms with E-state index in [1.54, 1.807) is 11.8 Å². The van der Waals surface area contributed by atoms with Crippen LogP contribution >= 0.6 is 11.8 Å². The molecule has 29 heavy (non-hydrogen) atoms. The van der Waals surface area contributed by atoms with Crippen molar-refractivity contribution in [1.82, 2.24) is 0 Å². The summed E-state index contributed by atoms with van der Waals surface area (Å²) in [5.74, 6) is 0.819. The Morgan fingerprint density at radius 3 is 2.55 bits per heavy atom. The minimum Gasteiger partial charge on any atom is -0.367 e. The number of nitrogens with zero attached hydrogens (tertiary/aromatic N) is 1. The maximum absolute atomic E-state index is 13.2. The Morgan fingerprint density at radius 1 is 1.24 bits per heavy atom. The number of carbonyl (C=O) groups is 1. The first-order valence-electron chi connectivity index (χ1n) is 10.3. The Balaban J connectivity index is 1.90. The van der Waals surface area contributed by atoms with E-state index in [0.717, 1.165) is 42.1 Å². The molecule has 3 nitrogen and oxygen atoms in total. The molecule has 2 aromatic carbocycles. The van der Waals surface area contributed by atoms with Crippen LogP contribution in [0.1, 0.15) is 50.8 Å². The average molecular weight is 415 g/mol. The molecule has 3 rings (SSSR count). The minimum absolute atomic E-state index is 0.0429. The van der Waals surface area contributed by atoms with Crippen LogP contribution in [0.25, 0.3) is 0 Å². The number of benzene rings is 2. The van der Waals surface area contributed by atoms with Crippen molar-refractivity contribution in [3.8, 4) is 0 Å². The molecule has 156 valence electrons. The Bertz CT molecular complexity index is 887. The Labute approximate surface area is 178 Å². The van der Waals surface area contributed by atoms with Crippen molar-refractivity contribution < 1.29 is 9.18 Å². The average Bonchev–Trinajstić information content (AvgIpc) is 3.01. The van der Waals surface area contributed by atoms with E-state index >= 15 is 0 Å². The number of hydrogen-bond donors (Lipinski definition) is 1. The molecule has 0 aromatic heterocycles. The Morgan fingerprint density at radius 2 is 1.93 bits per heavy atom. The SMILES string of the molecule is CCSc1c2c(cc(C)c1NC(=O)CC(C)(C)C)N(Cc1ccc(F)cc1)CC2. The Hall–Kier alpha value is -2.01. The van der Waals surface area contributed by atoms with E-state index in [4.69, 9.17) is 0 Å². The third-order valence-electron chi connectivity index (χ3n) is 5.06. The number of fused-ring (bicyclic) bond motifs is 1. The fourth-order valence-corrected chi connectivity index (χ4v) is 4.83. The number of carbonyl (C=O) groups excluding carboxylic acids is 1. The predicted octanol–water partition coefficient (Wildman–Crippen LogP) is 6.18. The van der Waals surface area contributed by atoms with Gasteiger partial charge in [0.2, 0.25) is 5.91 Å². The van der Waals surface area contributed by atoms with Crippen molar-refractivity contribution in [3.63, 3.8) is 0 Å². The summed E-state index contributed by atoms with van der Waals surface area (Å²) in [6, 6.07) is 8.93. The van der Waals surface area contributed by atoms with Gasteiger partial charge in [-0.25, -0.2) is 4.39 Å². The van der Waals surface area contributed by atoms with Crippen LogP contribution in [0.2, 0.25) is 0 Å². The molecule has 0 fully saturated rings. The molecule has 1 heterocycles. The predicted molar refractivity (Wildman–Crippen MR) is 121 cm³/mol. The lowest BCUT2D eigenvalue weighted by Crippen LogP contribution is -2.21. The first-order valence-corrected chi connectivity index (χ1v) is 11.2. The number of halogens is 1. The molecule has 2 aromatic rings. The topological polar surface area (TPSA) is 32.3 Å². The highest BCUT2D eigenvalue weighted by atomic mass is 32.2. The summed E-state index contributed by atoms with van der Waals surface area (Å²) in [5.41, 5.74) is 5.66. The van der Waals surface area contributed by atoms with E-state index in [2.05, 4.69) is 50.9 Å². The van der Waals surface area contributed by atoms with Crippen LogP contribution in [0.5, 0.6) is 0 Å². The molecule has 0 aliphatic carbocycles. The number of nitrogens with one attached hydrogen (secondary N) is 1. The van der Waals surface area contributed by atoms with E-state index in [-0.39, 0.29) is 17.1 Å². The highest BCUT2D eigenvalue weighted by Gasteiger charge is 2.27. The van der Waals surface area contributed by atoms with Crippen LogP contribution < -0.4 is 10.2 Å². The molecule has 1 N–H and O–H groups in total. The van der Waals surface area contributed by atoms with Gasteiger partial charge >= 0.3 is 0 Å². The van der Waals surface area contributed by atoms with Crippen LogP contribution in [-0.2, 0) is 17.8 Å². The van der Waals surface area contributed by atoms with Gasteiger partial charge in [-0.05, 0) is 59.4 Å². The number of thioether (sulfide) groups is 1. The zero-order chi connectivity index (χ0) is 21.2.